The third-order valence-corrected chi connectivity index (χ3v) is 4.70. The van der Waals surface area contributed by atoms with Gasteiger partial charge in [0.25, 0.3) is 0 Å². The maximum Gasteiger partial charge on any atom is 0.229 e. The molecule has 124 valence electrons. The van der Waals surface area contributed by atoms with Crippen molar-refractivity contribution in [3.8, 4) is 0 Å². The number of carbonyl (C=O) groups excluding carboxylic acids is 2. The molecule has 0 saturated carbocycles. The Balaban J connectivity index is 1.73. The first kappa shape index (κ1) is 17.1. The van der Waals surface area contributed by atoms with E-state index in [1.807, 2.05) is 0 Å². The van der Waals surface area contributed by atoms with Crippen molar-refractivity contribution in [3.05, 3.63) is 57.5 Å². The van der Waals surface area contributed by atoms with E-state index in [0.717, 1.165) is 0 Å². The first-order chi connectivity index (χ1) is 11.5. The van der Waals surface area contributed by atoms with E-state index in [4.69, 9.17) is 34.8 Å². The molecule has 1 saturated heterocycles. The zero-order valence-electron chi connectivity index (χ0n) is 12.4. The molecule has 2 aromatic carbocycles. The van der Waals surface area contributed by atoms with Gasteiger partial charge in [-0.3, -0.25) is 9.59 Å². The number of hydrogen-bond donors (Lipinski definition) is 1. The van der Waals surface area contributed by atoms with Crippen LogP contribution in [0.1, 0.15) is 6.42 Å². The molecule has 4 nitrogen and oxygen atoms in total. The van der Waals surface area contributed by atoms with Crippen molar-refractivity contribution in [2.45, 2.75) is 6.42 Å². The van der Waals surface area contributed by atoms with Gasteiger partial charge in [0.1, 0.15) is 0 Å². The van der Waals surface area contributed by atoms with Crippen LogP contribution in [0.15, 0.2) is 42.5 Å². The maximum atomic E-state index is 12.4. The quantitative estimate of drug-likeness (QED) is 0.839. The van der Waals surface area contributed by atoms with Gasteiger partial charge >= 0.3 is 0 Å². The lowest BCUT2D eigenvalue weighted by atomic mass is 10.1. The van der Waals surface area contributed by atoms with Crippen molar-refractivity contribution in [2.24, 2.45) is 5.92 Å². The van der Waals surface area contributed by atoms with Crippen LogP contribution in [0.25, 0.3) is 0 Å². The van der Waals surface area contributed by atoms with Gasteiger partial charge in [0, 0.05) is 18.0 Å². The van der Waals surface area contributed by atoms with Gasteiger partial charge in [-0.25, -0.2) is 0 Å². The summed E-state index contributed by atoms with van der Waals surface area (Å²) in [6.45, 7) is 0.277. The zero-order valence-corrected chi connectivity index (χ0v) is 14.7. The van der Waals surface area contributed by atoms with Crippen molar-refractivity contribution in [1.82, 2.24) is 0 Å². The second-order valence-electron chi connectivity index (χ2n) is 5.47. The van der Waals surface area contributed by atoms with Gasteiger partial charge < -0.3 is 10.2 Å². The second-order valence-corrected chi connectivity index (χ2v) is 6.72. The molecule has 0 radical (unpaired) electrons. The number of halogens is 3. The molecule has 2 amide bonds. The van der Waals surface area contributed by atoms with Crippen molar-refractivity contribution in [3.63, 3.8) is 0 Å². The lowest BCUT2D eigenvalue weighted by Crippen LogP contribution is -2.28. The fourth-order valence-electron chi connectivity index (χ4n) is 2.61. The van der Waals surface area contributed by atoms with E-state index in [1.54, 1.807) is 42.5 Å². The van der Waals surface area contributed by atoms with E-state index >= 15 is 0 Å². The van der Waals surface area contributed by atoms with Gasteiger partial charge in [0.05, 0.1) is 27.3 Å². The lowest BCUT2D eigenvalue weighted by Gasteiger charge is -2.18. The van der Waals surface area contributed by atoms with Gasteiger partial charge in [0.15, 0.2) is 0 Å². The zero-order chi connectivity index (χ0) is 17.3. The molecule has 1 atom stereocenters. The van der Waals surface area contributed by atoms with Gasteiger partial charge in [-0.15, -0.1) is 0 Å². The Morgan fingerprint density at radius 3 is 2.54 bits per heavy atom. The van der Waals surface area contributed by atoms with E-state index in [-0.39, 0.29) is 24.8 Å². The smallest absolute Gasteiger partial charge is 0.229 e. The monoisotopic (exact) mass is 382 g/mol. The Labute approximate surface area is 154 Å². The SMILES string of the molecule is O=C(Nc1ccc(Cl)cc1Cl)C1CC(=O)N(c2ccccc2Cl)C1. The Morgan fingerprint density at radius 2 is 1.83 bits per heavy atom. The third-order valence-electron chi connectivity index (χ3n) is 3.83. The number of benzene rings is 2. The fourth-order valence-corrected chi connectivity index (χ4v) is 3.31. The first-order valence-electron chi connectivity index (χ1n) is 7.26. The van der Waals surface area contributed by atoms with Crippen molar-refractivity contribution < 1.29 is 9.59 Å². The van der Waals surface area contributed by atoms with E-state index < -0.39 is 5.92 Å². The number of hydrogen-bond acceptors (Lipinski definition) is 2. The molecule has 1 aliphatic heterocycles. The summed E-state index contributed by atoms with van der Waals surface area (Å²) in [5, 5.41) is 4.06. The number of nitrogens with one attached hydrogen (secondary N) is 1. The van der Waals surface area contributed by atoms with Crippen LogP contribution in [-0.4, -0.2) is 18.4 Å². The molecule has 1 fully saturated rings. The van der Waals surface area contributed by atoms with E-state index in [9.17, 15) is 9.59 Å². The summed E-state index contributed by atoms with van der Waals surface area (Å²) >= 11 is 18.0. The molecule has 1 N–H and O–H groups in total. The Kier molecular flexibility index (Phi) is 4.99. The van der Waals surface area contributed by atoms with Crippen LogP contribution in [0.4, 0.5) is 11.4 Å². The molecule has 0 spiro atoms. The largest absolute Gasteiger partial charge is 0.324 e. The second kappa shape index (κ2) is 7.01. The number of rotatable bonds is 3. The van der Waals surface area contributed by atoms with Crippen LogP contribution in [0.2, 0.25) is 15.1 Å². The molecule has 1 heterocycles. The highest BCUT2D eigenvalue weighted by atomic mass is 35.5. The predicted molar refractivity (Wildman–Crippen MR) is 97.0 cm³/mol. The van der Waals surface area contributed by atoms with Gasteiger partial charge in [-0.1, -0.05) is 46.9 Å². The average Bonchev–Trinajstić information content (AvgIpc) is 2.92. The molecule has 1 unspecified atom stereocenters. The molecule has 3 rings (SSSR count). The first-order valence-corrected chi connectivity index (χ1v) is 8.40. The molecule has 0 aromatic heterocycles. The maximum absolute atomic E-state index is 12.4. The summed E-state index contributed by atoms with van der Waals surface area (Å²) in [7, 11) is 0. The van der Waals surface area contributed by atoms with E-state index in [2.05, 4.69) is 5.32 Å². The van der Waals surface area contributed by atoms with Crippen LogP contribution in [-0.2, 0) is 9.59 Å². The van der Waals surface area contributed by atoms with Gasteiger partial charge in [-0.2, -0.15) is 0 Å². The summed E-state index contributed by atoms with van der Waals surface area (Å²) in [4.78, 5) is 26.2. The number of nitrogens with zero attached hydrogens (tertiary/aromatic N) is 1. The molecule has 24 heavy (non-hydrogen) atoms. The molecule has 2 aromatic rings. The van der Waals surface area contributed by atoms with Crippen LogP contribution >= 0.6 is 34.8 Å². The minimum Gasteiger partial charge on any atom is -0.324 e. The van der Waals surface area contributed by atoms with E-state index in [1.165, 1.54) is 4.90 Å². The minimum absolute atomic E-state index is 0.127. The normalized spacial score (nSPS) is 17.2. The van der Waals surface area contributed by atoms with Gasteiger partial charge in [0.2, 0.25) is 11.8 Å². The molecule has 7 heteroatoms. The van der Waals surface area contributed by atoms with Crippen molar-refractivity contribution in [1.29, 1.82) is 0 Å². The Bertz CT molecular complexity index is 810. The van der Waals surface area contributed by atoms with Crippen molar-refractivity contribution in [2.75, 3.05) is 16.8 Å². The molecule has 0 bridgehead atoms. The summed E-state index contributed by atoms with van der Waals surface area (Å²) in [6.07, 6.45) is 0.127. The number of amides is 2. The minimum atomic E-state index is -0.472. The Hall–Kier alpha value is -1.75. The molecular formula is C17H13Cl3N2O2. The Morgan fingerprint density at radius 1 is 1.08 bits per heavy atom. The molecular weight excluding hydrogens is 371 g/mol. The highest BCUT2D eigenvalue weighted by Crippen LogP contribution is 2.32. The molecule has 0 aliphatic carbocycles. The summed E-state index contributed by atoms with van der Waals surface area (Å²) in [6, 6.07) is 11.9. The summed E-state index contributed by atoms with van der Waals surface area (Å²) in [5.41, 5.74) is 1.08. The number of carbonyl (C=O) groups is 2. The lowest BCUT2D eigenvalue weighted by molar-refractivity contribution is -0.122. The van der Waals surface area contributed by atoms with Crippen LogP contribution in [0, 0.1) is 5.92 Å². The van der Waals surface area contributed by atoms with Crippen LogP contribution < -0.4 is 10.2 Å². The topological polar surface area (TPSA) is 49.4 Å². The van der Waals surface area contributed by atoms with E-state index in [0.29, 0.717) is 26.4 Å². The van der Waals surface area contributed by atoms with Crippen LogP contribution in [0.3, 0.4) is 0 Å². The highest BCUT2D eigenvalue weighted by molar-refractivity contribution is 6.36. The molecule has 1 aliphatic rings. The van der Waals surface area contributed by atoms with Gasteiger partial charge in [-0.05, 0) is 30.3 Å². The standard InChI is InChI=1S/C17H13Cl3N2O2/c18-11-5-6-14(13(20)8-11)21-17(24)10-7-16(23)22(9-10)15-4-2-1-3-12(15)19/h1-6,8,10H,7,9H2,(H,21,24). The number of anilines is 2. The summed E-state index contributed by atoms with van der Waals surface area (Å²) in [5.74, 6) is -0.868. The fraction of sp³-hybridized carbons (Fsp3) is 0.176. The average molecular weight is 384 g/mol. The van der Waals surface area contributed by atoms with Crippen LogP contribution in [0.5, 0.6) is 0 Å². The highest BCUT2D eigenvalue weighted by Gasteiger charge is 2.36. The summed E-state index contributed by atoms with van der Waals surface area (Å²) < 4.78 is 0. The number of para-hydroxylation sites is 1. The third kappa shape index (κ3) is 3.51. The predicted octanol–water partition coefficient (Wildman–Crippen LogP) is 4.64. The van der Waals surface area contributed by atoms with Crippen molar-refractivity contribution >= 4 is 58.0 Å².